The number of halogens is 1. The van der Waals surface area contributed by atoms with Crippen LogP contribution in [0.4, 0.5) is 4.39 Å². The Morgan fingerprint density at radius 1 is 1.13 bits per heavy atom. The number of benzene rings is 2. The number of aromatic nitrogens is 2. The molecule has 1 heterocycles. The number of hydrogen-bond donors (Lipinski definition) is 1. The molecule has 4 heteroatoms. The SMILES string of the molecule is Fc1ccc(C(Cn2cnc3ccccc32)NCC2CC2)cc1. The van der Waals surface area contributed by atoms with E-state index in [9.17, 15) is 4.39 Å². The van der Waals surface area contributed by atoms with E-state index in [0.717, 1.165) is 35.6 Å². The van der Waals surface area contributed by atoms with Crippen molar-refractivity contribution in [2.24, 2.45) is 5.92 Å². The Hall–Kier alpha value is -2.20. The summed E-state index contributed by atoms with van der Waals surface area (Å²) in [6.07, 6.45) is 4.52. The predicted octanol–water partition coefficient (Wildman–Crippen LogP) is 3.92. The van der Waals surface area contributed by atoms with Gasteiger partial charge >= 0.3 is 0 Å². The van der Waals surface area contributed by atoms with E-state index >= 15 is 0 Å². The molecule has 23 heavy (non-hydrogen) atoms. The van der Waals surface area contributed by atoms with Crippen molar-refractivity contribution in [3.63, 3.8) is 0 Å². The highest BCUT2D eigenvalue weighted by atomic mass is 19.1. The number of hydrogen-bond acceptors (Lipinski definition) is 2. The first-order chi connectivity index (χ1) is 11.3. The van der Waals surface area contributed by atoms with E-state index in [2.05, 4.69) is 20.9 Å². The molecule has 1 saturated carbocycles. The predicted molar refractivity (Wildman–Crippen MR) is 89.6 cm³/mol. The Bertz CT molecular complexity index is 790. The molecule has 0 radical (unpaired) electrons. The molecule has 0 bridgehead atoms. The third-order valence-electron chi connectivity index (χ3n) is 4.53. The van der Waals surface area contributed by atoms with E-state index in [4.69, 9.17) is 0 Å². The van der Waals surface area contributed by atoms with Crippen molar-refractivity contribution in [1.29, 1.82) is 0 Å². The van der Waals surface area contributed by atoms with Crippen molar-refractivity contribution < 1.29 is 4.39 Å². The van der Waals surface area contributed by atoms with E-state index in [1.54, 1.807) is 0 Å². The molecule has 1 fully saturated rings. The van der Waals surface area contributed by atoms with Gasteiger partial charge in [0.2, 0.25) is 0 Å². The summed E-state index contributed by atoms with van der Waals surface area (Å²) >= 11 is 0. The van der Waals surface area contributed by atoms with Gasteiger partial charge in [0.1, 0.15) is 5.82 Å². The molecule has 1 aromatic heterocycles. The molecule has 3 aromatic rings. The van der Waals surface area contributed by atoms with Gasteiger partial charge in [-0.2, -0.15) is 0 Å². The number of imidazole rings is 1. The first-order valence-electron chi connectivity index (χ1n) is 8.18. The summed E-state index contributed by atoms with van der Waals surface area (Å²) in [7, 11) is 0. The molecule has 2 aromatic carbocycles. The van der Waals surface area contributed by atoms with E-state index < -0.39 is 0 Å². The van der Waals surface area contributed by atoms with Crippen LogP contribution >= 0.6 is 0 Å². The number of nitrogens with zero attached hydrogens (tertiary/aromatic N) is 2. The number of fused-ring (bicyclic) bond motifs is 1. The van der Waals surface area contributed by atoms with E-state index in [-0.39, 0.29) is 11.9 Å². The molecule has 1 aliphatic carbocycles. The highest BCUT2D eigenvalue weighted by Crippen LogP contribution is 2.29. The third-order valence-corrected chi connectivity index (χ3v) is 4.53. The Kier molecular flexibility index (Phi) is 3.83. The second-order valence-electron chi connectivity index (χ2n) is 6.34. The highest BCUT2D eigenvalue weighted by Gasteiger charge is 2.23. The normalized spacial score (nSPS) is 15.9. The Labute approximate surface area is 135 Å². The van der Waals surface area contributed by atoms with Crippen LogP contribution in [0.1, 0.15) is 24.4 Å². The van der Waals surface area contributed by atoms with Crippen molar-refractivity contribution in [3.05, 3.63) is 66.2 Å². The van der Waals surface area contributed by atoms with Crippen LogP contribution in [0.3, 0.4) is 0 Å². The molecule has 1 aliphatic rings. The fraction of sp³-hybridized carbons (Fsp3) is 0.316. The largest absolute Gasteiger partial charge is 0.329 e. The summed E-state index contributed by atoms with van der Waals surface area (Å²) < 4.78 is 15.4. The lowest BCUT2D eigenvalue weighted by Gasteiger charge is -2.20. The quantitative estimate of drug-likeness (QED) is 0.748. The van der Waals surface area contributed by atoms with Crippen LogP contribution in [-0.4, -0.2) is 16.1 Å². The second kappa shape index (κ2) is 6.13. The summed E-state index contributed by atoms with van der Waals surface area (Å²) in [5.41, 5.74) is 3.25. The number of rotatable bonds is 6. The van der Waals surface area contributed by atoms with E-state index in [1.807, 2.05) is 36.7 Å². The fourth-order valence-electron chi connectivity index (χ4n) is 2.97. The number of para-hydroxylation sites is 2. The summed E-state index contributed by atoms with van der Waals surface area (Å²) in [6, 6.07) is 15.1. The van der Waals surface area contributed by atoms with Crippen molar-refractivity contribution in [1.82, 2.24) is 14.9 Å². The Morgan fingerprint density at radius 3 is 2.70 bits per heavy atom. The zero-order valence-corrected chi connectivity index (χ0v) is 13.0. The van der Waals surface area contributed by atoms with Crippen molar-refractivity contribution in [2.75, 3.05) is 6.54 Å². The van der Waals surface area contributed by atoms with Gasteiger partial charge in [0.25, 0.3) is 0 Å². The van der Waals surface area contributed by atoms with Gasteiger partial charge in [-0.05, 0) is 55.1 Å². The van der Waals surface area contributed by atoms with Gasteiger partial charge in [-0.1, -0.05) is 24.3 Å². The molecular weight excluding hydrogens is 289 g/mol. The molecule has 1 atom stereocenters. The molecule has 4 rings (SSSR count). The molecule has 0 amide bonds. The maximum absolute atomic E-state index is 13.2. The smallest absolute Gasteiger partial charge is 0.123 e. The fourth-order valence-corrected chi connectivity index (χ4v) is 2.97. The van der Waals surface area contributed by atoms with Gasteiger partial charge in [-0.15, -0.1) is 0 Å². The van der Waals surface area contributed by atoms with Gasteiger partial charge in [0.15, 0.2) is 0 Å². The lowest BCUT2D eigenvalue weighted by molar-refractivity contribution is 0.457. The summed E-state index contributed by atoms with van der Waals surface area (Å²) in [6.45, 7) is 1.81. The first-order valence-corrected chi connectivity index (χ1v) is 8.18. The van der Waals surface area contributed by atoms with Crippen LogP contribution in [0, 0.1) is 11.7 Å². The van der Waals surface area contributed by atoms with Crippen molar-refractivity contribution in [2.45, 2.75) is 25.4 Å². The average Bonchev–Trinajstić information content (AvgIpc) is 3.32. The van der Waals surface area contributed by atoms with Crippen LogP contribution < -0.4 is 5.32 Å². The van der Waals surface area contributed by atoms with Gasteiger partial charge < -0.3 is 9.88 Å². The lowest BCUT2D eigenvalue weighted by Crippen LogP contribution is -2.27. The van der Waals surface area contributed by atoms with Crippen molar-refractivity contribution >= 4 is 11.0 Å². The number of nitrogens with one attached hydrogen (secondary N) is 1. The summed E-state index contributed by atoms with van der Waals surface area (Å²) in [4.78, 5) is 4.46. The zero-order valence-electron chi connectivity index (χ0n) is 13.0. The topological polar surface area (TPSA) is 29.9 Å². The molecule has 0 spiro atoms. The van der Waals surface area contributed by atoms with Crippen LogP contribution in [0.2, 0.25) is 0 Å². The monoisotopic (exact) mass is 309 g/mol. The highest BCUT2D eigenvalue weighted by molar-refractivity contribution is 5.74. The minimum Gasteiger partial charge on any atom is -0.329 e. The maximum Gasteiger partial charge on any atom is 0.123 e. The molecule has 0 aliphatic heterocycles. The van der Waals surface area contributed by atoms with Gasteiger partial charge in [-0.25, -0.2) is 9.37 Å². The standard InChI is InChI=1S/C19H20FN3/c20-16-9-7-15(8-10-16)18(21-11-14-5-6-14)12-23-13-22-17-3-1-2-4-19(17)23/h1-4,7-10,13-14,18,21H,5-6,11-12H2. The van der Waals surface area contributed by atoms with E-state index in [1.165, 1.54) is 25.0 Å². The van der Waals surface area contributed by atoms with Gasteiger partial charge in [0.05, 0.1) is 23.4 Å². The minimum atomic E-state index is -0.192. The van der Waals surface area contributed by atoms with E-state index in [0.29, 0.717) is 0 Å². The summed E-state index contributed by atoms with van der Waals surface area (Å²) in [5.74, 6) is 0.611. The van der Waals surface area contributed by atoms with Gasteiger partial charge in [0, 0.05) is 6.54 Å². The first kappa shape index (κ1) is 14.4. The third kappa shape index (κ3) is 3.27. The van der Waals surface area contributed by atoms with Crippen molar-refractivity contribution in [3.8, 4) is 0 Å². The lowest BCUT2D eigenvalue weighted by atomic mass is 10.1. The zero-order chi connectivity index (χ0) is 15.6. The average molecular weight is 309 g/mol. The minimum absolute atomic E-state index is 0.161. The second-order valence-corrected chi connectivity index (χ2v) is 6.34. The Balaban J connectivity index is 1.59. The maximum atomic E-state index is 13.2. The van der Waals surface area contributed by atoms with Crippen LogP contribution in [0.5, 0.6) is 0 Å². The molecule has 1 unspecified atom stereocenters. The molecule has 0 saturated heterocycles. The van der Waals surface area contributed by atoms with Crippen LogP contribution in [0.15, 0.2) is 54.9 Å². The van der Waals surface area contributed by atoms with Crippen LogP contribution in [0.25, 0.3) is 11.0 Å². The molecule has 118 valence electrons. The molecular formula is C19H20FN3. The van der Waals surface area contributed by atoms with Gasteiger partial charge in [-0.3, -0.25) is 0 Å². The van der Waals surface area contributed by atoms with Crippen LogP contribution in [-0.2, 0) is 6.54 Å². The molecule has 3 nitrogen and oxygen atoms in total. The molecule has 1 N–H and O–H groups in total. The summed E-state index contributed by atoms with van der Waals surface area (Å²) in [5, 5.41) is 3.65. The Morgan fingerprint density at radius 2 is 1.91 bits per heavy atom.